The maximum atomic E-state index is 8.33. The summed E-state index contributed by atoms with van der Waals surface area (Å²) in [6.45, 7) is 4.43. The van der Waals surface area contributed by atoms with Crippen LogP contribution < -0.4 is 29.6 Å². The molecule has 1 N–H and O–H groups in total. The van der Waals surface area contributed by atoms with Gasteiger partial charge in [0.25, 0.3) is 0 Å². The minimum atomic E-state index is 0. The Morgan fingerprint density at radius 3 is 2.14 bits per heavy atom. The molecule has 0 rings (SSSR count). The van der Waals surface area contributed by atoms with Crippen LogP contribution in [0.25, 0.3) is 0 Å². The van der Waals surface area contributed by atoms with E-state index < -0.39 is 0 Å². The van der Waals surface area contributed by atoms with E-state index in [9.17, 15) is 0 Å². The Labute approximate surface area is 68.9 Å². The fourth-order valence-corrected chi connectivity index (χ4v) is 0.129. The molecule has 0 aromatic heterocycles. The minimum Gasteiger partial charge on any atom is -1.00 e. The normalized spacial score (nSPS) is 12.4. The third kappa shape index (κ3) is 6.96. The molecule has 0 radical (unpaired) electrons. The molecule has 0 saturated heterocycles. The molecule has 7 heavy (non-hydrogen) atoms. The molecule has 0 aromatic carbocycles. The van der Waals surface area contributed by atoms with Crippen molar-refractivity contribution in [1.29, 1.82) is 0 Å². The maximum absolute atomic E-state index is 8.33. The van der Waals surface area contributed by atoms with E-state index in [1.807, 2.05) is 6.92 Å². The van der Waals surface area contributed by atoms with E-state index in [2.05, 4.69) is 6.92 Å². The van der Waals surface area contributed by atoms with Crippen molar-refractivity contribution in [3.05, 3.63) is 0 Å². The Morgan fingerprint density at radius 2 is 2.14 bits per heavy atom. The summed E-state index contributed by atoms with van der Waals surface area (Å²) in [5.41, 5.74) is 0. The van der Waals surface area contributed by atoms with Gasteiger partial charge in [-0.2, -0.15) is 0 Å². The van der Waals surface area contributed by atoms with Crippen LogP contribution in [-0.4, -0.2) is 11.7 Å². The van der Waals surface area contributed by atoms with E-state index in [0.29, 0.717) is 12.5 Å². The second-order valence-electron chi connectivity index (χ2n) is 1.70. The molecule has 0 aromatic rings. The molecule has 0 aliphatic carbocycles. The van der Waals surface area contributed by atoms with Crippen molar-refractivity contribution < 1.29 is 36.1 Å². The molecule has 0 spiro atoms. The van der Waals surface area contributed by atoms with Crippen LogP contribution >= 0.6 is 0 Å². The van der Waals surface area contributed by atoms with Crippen LogP contribution in [0.1, 0.15) is 21.7 Å². The SMILES string of the molecule is CCC(C)CO.[H-].[Na+]. The molecule has 0 fully saturated rings. The quantitative estimate of drug-likeness (QED) is 0.415. The Balaban J connectivity index is -0.000000125. The van der Waals surface area contributed by atoms with E-state index in [1.54, 1.807) is 0 Å². The smallest absolute Gasteiger partial charge is 1.00 e. The van der Waals surface area contributed by atoms with E-state index in [1.165, 1.54) is 0 Å². The maximum Gasteiger partial charge on any atom is 1.00 e. The zero-order valence-electron chi connectivity index (χ0n) is 6.44. The molecule has 40 valence electrons. The van der Waals surface area contributed by atoms with Crippen LogP contribution in [0, 0.1) is 5.92 Å². The average Bonchev–Trinajstić information content (AvgIpc) is 1.65. The summed E-state index contributed by atoms with van der Waals surface area (Å²) < 4.78 is 0. The first-order chi connectivity index (χ1) is 2.81. The summed E-state index contributed by atoms with van der Waals surface area (Å²) in [6.07, 6.45) is 1.08. The van der Waals surface area contributed by atoms with E-state index in [0.717, 1.165) is 6.42 Å². The first-order valence-corrected chi connectivity index (χ1v) is 2.42. The van der Waals surface area contributed by atoms with Gasteiger partial charge in [0.05, 0.1) is 0 Å². The van der Waals surface area contributed by atoms with Gasteiger partial charge in [0, 0.05) is 6.61 Å². The van der Waals surface area contributed by atoms with Gasteiger partial charge >= 0.3 is 29.6 Å². The van der Waals surface area contributed by atoms with Gasteiger partial charge in [0.1, 0.15) is 0 Å². The van der Waals surface area contributed by atoms with E-state index >= 15 is 0 Å². The number of aliphatic hydroxyl groups is 1. The zero-order valence-corrected chi connectivity index (χ0v) is 7.44. The van der Waals surface area contributed by atoms with Gasteiger partial charge < -0.3 is 6.53 Å². The van der Waals surface area contributed by atoms with E-state index in [4.69, 9.17) is 5.11 Å². The van der Waals surface area contributed by atoms with Gasteiger partial charge in [-0.3, -0.25) is 0 Å². The van der Waals surface area contributed by atoms with Crippen LogP contribution in [0.5, 0.6) is 0 Å². The topological polar surface area (TPSA) is 20.2 Å². The summed E-state index contributed by atoms with van der Waals surface area (Å²) in [5, 5.41) is 8.33. The van der Waals surface area contributed by atoms with Crippen LogP contribution in [0.4, 0.5) is 0 Å². The number of rotatable bonds is 2. The molecular formula is C5H13NaO. The van der Waals surface area contributed by atoms with Crippen LogP contribution in [0.2, 0.25) is 0 Å². The summed E-state index contributed by atoms with van der Waals surface area (Å²) in [6, 6.07) is 0. The van der Waals surface area contributed by atoms with Gasteiger partial charge in [-0.1, -0.05) is 20.3 Å². The van der Waals surface area contributed by atoms with Crippen molar-refractivity contribution >= 4 is 0 Å². The zero-order chi connectivity index (χ0) is 4.99. The Bertz CT molecular complexity index is 31.6. The van der Waals surface area contributed by atoms with Crippen molar-refractivity contribution in [3.63, 3.8) is 0 Å². The molecule has 2 heteroatoms. The van der Waals surface area contributed by atoms with Gasteiger partial charge in [0.2, 0.25) is 0 Å². The molecule has 0 bridgehead atoms. The van der Waals surface area contributed by atoms with Crippen molar-refractivity contribution in [2.24, 2.45) is 5.92 Å². The first kappa shape index (κ1) is 10.9. The Morgan fingerprint density at radius 1 is 1.71 bits per heavy atom. The Hall–Kier alpha value is 0.960. The third-order valence-corrected chi connectivity index (χ3v) is 1.01. The predicted molar refractivity (Wildman–Crippen MR) is 27.7 cm³/mol. The second-order valence-corrected chi connectivity index (χ2v) is 1.70. The van der Waals surface area contributed by atoms with Crippen molar-refractivity contribution in [2.45, 2.75) is 20.3 Å². The molecule has 0 aliphatic rings. The molecule has 1 unspecified atom stereocenters. The van der Waals surface area contributed by atoms with Crippen molar-refractivity contribution in [1.82, 2.24) is 0 Å². The fraction of sp³-hybridized carbons (Fsp3) is 1.00. The number of aliphatic hydroxyl groups excluding tert-OH is 1. The summed E-state index contributed by atoms with van der Waals surface area (Å²) in [5.74, 6) is 0.491. The summed E-state index contributed by atoms with van der Waals surface area (Å²) >= 11 is 0. The van der Waals surface area contributed by atoms with E-state index in [-0.39, 0.29) is 31.0 Å². The van der Waals surface area contributed by atoms with Gasteiger partial charge in [-0.15, -0.1) is 0 Å². The predicted octanol–water partition coefficient (Wildman–Crippen LogP) is -1.86. The summed E-state index contributed by atoms with van der Waals surface area (Å²) in [7, 11) is 0. The number of hydrogen-bond donors (Lipinski definition) is 1. The van der Waals surface area contributed by atoms with Gasteiger partial charge in [0.15, 0.2) is 0 Å². The van der Waals surface area contributed by atoms with Gasteiger partial charge in [-0.05, 0) is 5.92 Å². The fourth-order valence-electron chi connectivity index (χ4n) is 0.129. The van der Waals surface area contributed by atoms with Crippen molar-refractivity contribution in [3.8, 4) is 0 Å². The summed E-state index contributed by atoms with van der Waals surface area (Å²) in [4.78, 5) is 0. The van der Waals surface area contributed by atoms with Crippen LogP contribution in [0.15, 0.2) is 0 Å². The molecule has 0 heterocycles. The first-order valence-electron chi connectivity index (χ1n) is 2.42. The molecule has 1 atom stereocenters. The largest absolute Gasteiger partial charge is 1.00 e. The minimum absolute atomic E-state index is 0. The average molecular weight is 112 g/mol. The second kappa shape index (κ2) is 6.96. The number of hydrogen-bond acceptors (Lipinski definition) is 1. The molecule has 1 nitrogen and oxygen atoms in total. The Kier molecular flexibility index (Phi) is 10.8. The standard InChI is InChI=1S/C5H12O.Na.H/c1-3-5(2)4-6;;/h5-6H,3-4H2,1-2H3;;/q;+1;-1. The molecule has 0 amide bonds. The third-order valence-electron chi connectivity index (χ3n) is 1.01. The van der Waals surface area contributed by atoms with Crippen LogP contribution in [-0.2, 0) is 0 Å². The molecule has 0 aliphatic heterocycles. The van der Waals surface area contributed by atoms with Crippen LogP contribution in [0.3, 0.4) is 0 Å². The molecular weight excluding hydrogens is 99.0 g/mol. The van der Waals surface area contributed by atoms with Gasteiger partial charge in [-0.25, -0.2) is 0 Å². The monoisotopic (exact) mass is 112 g/mol. The molecule has 0 saturated carbocycles. The van der Waals surface area contributed by atoms with Crippen molar-refractivity contribution in [2.75, 3.05) is 6.61 Å².